The molecule has 1 aromatic rings. The number of carbonyl (C=O) groups is 2. The first-order valence-electron chi connectivity index (χ1n) is 7.36. The van der Waals surface area contributed by atoms with Crippen molar-refractivity contribution in [3.8, 4) is 5.75 Å². The number of nitrogens with zero attached hydrogens (tertiary/aromatic N) is 2. The van der Waals surface area contributed by atoms with Crippen LogP contribution in [0.15, 0.2) is 18.2 Å². The second-order valence-corrected chi connectivity index (χ2v) is 4.83. The number of rotatable bonds is 6. The summed E-state index contributed by atoms with van der Waals surface area (Å²) in [5, 5.41) is 0.991. The van der Waals surface area contributed by atoms with Crippen molar-refractivity contribution in [3.63, 3.8) is 0 Å². The Labute approximate surface area is 131 Å². The first kappa shape index (κ1) is 17.8. The summed E-state index contributed by atoms with van der Waals surface area (Å²) in [4.78, 5) is 30.0. The van der Waals surface area contributed by atoms with Crippen LogP contribution in [0.25, 0.3) is 0 Å². The van der Waals surface area contributed by atoms with E-state index in [0.717, 1.165) is 30.3 Å². The quantitative estimate of drug-likeness (QED) is 0.756. The number of hydroxylamine groups is 1. The van der Waals surface area contributed by atoms with Crippen molar-refractivity contribution in [2.45, 2.75) is 34.1 Å². The Morgan fingerprint density at radius 3 is 2.32 bits per heavy atom. The van der Waals surface area contributed by atoms with Crippen LogP contribution in [0.4, 0.5) is 11.4 Å². The van der Waals surface area contributed by atoms with Gasteiger partial charge in [-0.2, -0.15) is 0 Å². The predicted molar refractivity (Wildman–Crippen MR) is 86.1 cm³/mol. The lowest BCUT2D eigenvalue weighted by Crippen LogP contribution is -2.31. The van der Waals surface area contributed by atoms with E-state index in [-0.39, 0.29) is 5.91 Å². The first-order chi connectivity index (χ1) is 10.4. The van der Waals surface area contributed by atoms with Crippen molar-refractivity contribution in [2.75, 3.05) is 30.2 Å². The van der Waals surface area contributed by atoms with Gasteiger partial charge in [0.2, 0.25) is 0 Å². The molecule has 0 bridgehead atoms. The number of methoxy groups -OCH3 is 1. The van der Waals surface area contributed by atoms with Gasteiger partial charge >= 0.3 is 5.97 Å². The predicted octanol–water partition coefficient (Wildman–Crippen LogP) is 2.76. The lowest BCUT2D eigenvalue weighted by molar-refractivity contribution is -0.147. The molecule has 0 fully saturated rings. The normalized spacial score (nSPS) is 10.0. The van der Waals surface area contributed by atoms with Crippen LogP contribution in [0.1, 0.15) is 34.1 Å². The molecule has 0 spiro atoms. The van der Waals surface area contributed by atoms with E-state index >= 15 is 0 Å². The van der Waals surface area contributed by atoms with E-state index in [9.17, 15) is 9.59 Å². The molecule has 0 heterocycles. The van der Waals surface area contributed by atoms with Crippen LogP contribution in [0.3, 0.4) is 0 Å². The van der Waals surface area contributed by atoms with Gasteiger partial charge in [0, 0.05) is 26.9 Å². The molecule has 0 aliphatic carbocycles. The van der Waals surface area contributed by atoms with E-state index < -0.39 is 5.97 Å². The molecule has 0 aliphatic heterocycles. The number of carbonyl (C=O) groups excluding carboxylic acids is 2. The van der Waals surface area contributed by atoms with Crippen LogP contribution in [-0.4, -0.2) is 32.1 Å². The molecule has 0 aliphatic rings. The smallest absolute Gasteiger partial charge is 0.330 e. The third-order valence-electron chi connectivity index (χ3n) is 3.12. The minimum atomic E-state index is -0.548. The van der Waals surface area contributed by atoms with Crippen LogP contribution in [0.5, 0.6) is 5.75 Å². The molecule has 0 atom stereocenters. The molecule has 1 rings (SSSR count). The Balaban J connectivity index is 3.26. The van der Waals surface area contributed by atoms with Crippen molar-refractivity contribution < 1.29 is 19.2 Å². The molecule has 22 heavy (non-hydrogen) atoms. The van der Waals surface area contributed by atoms with Crippen molar-refractivity contribution in [1.29, 1.82) is 0 Å². The lowest BCUT2D eigenvalue weighted by Gasteiger charge is -2.26. The molecule has 1 aromatic carbocycles. The highest BCUT2D eigenvalue weighted by molar-refractivity contribution is 5.92. The largest absolute Gasteiger partial charge is 0.495 e. The summed E-state index contributed by atoms with van der Waals surface area (Å²) in [7, 11) is 1.60. The van der Waals surface area contributed by atoms with Crippen molar-refractivity contribution >= 4 is 23.3 Å². The van der Waals surface area contributed by atoms with Gasteiger partial charge in [-0.15, -0.1) is 5.06 Å². The van der Waals surface area contributed by atoms with E-state index in [2.05, 4.69) is 18.7 Å². The Hall–Kier alpha value is -2.24. The molecule has 122 valence electrons. The average Bonchev–Trinajstić information content (AvgIpc) is 2.49. The van der Waals surface area contributed by atoms with Gasteiger partial charge in [0.15, 0.2) is 0 Å². The highest BCUT2D eigenvalue weighted by Crippen LogP contribution is 2.33. The summed E-state index contributed by atoms with van der Waals surface area (Å²) >= 11 is 0. The highest BCUT2D eigenvalue weighted by Gasteiger charge is 2.19. The zero-order chi connectivity index (χ0) is 16.7. The van der Waals surface area contributed by atoms with Gasteiger partial charge in [-0.05, 0) is 31.5 Å². The number of ether oxygens (including phenoxy) is 1. The maximum atomic E-state index is 11.7. The van der Waals surface area contributed by atoms with Gasteiger partial charge < -0.3 is 14.5 Å². The molecular weight excluding hydrogens is 284 g/mol. The summed E-state index contributed by atoms with van der Waals surface area (Å²) in [6, 6.07) is 5.25. The average molecular weight is 308 g/mol. The minimum Gasteiger partial charge on any atom is -0.495 e. The van der Waals surface area contributed by atoms with Crippen LogP contribution in [0, 0.1) is 0 Å². The first-order valence-corrected chi connectivity index (χ1v) is 7.36. The number of anilines is 2. The van der Waals surface area contributed by atoms with E-state index in [0.29, 0.717) is 11.4 Å². The summed E-state index contributed by atoms with van der Waals surface area (Å²) < 4.78 is 5.40. The molecule has 0 radical (unpaired) electrons. The molecule has 0 N–H and O–H groups in total. The Kier molecular flexibility index (Phi) is 6.69. The fourth-order valence-electron chi connectivity index (χ4n) is 2.20. The standard InChI is InChI=1S/C16H24N2O4/c1-6-10-17(7-2)15-11-14(8-9-16(15)21-5)18(12(3)19)22-13(4)20/h8-9,11H,6-7,10H2,1-5H3. The summed E-state index contributed by atoms with van der Waals surface area (Å²) in [6.07, 6.45) is 0.988. The van der Waals surface area contributed by atoms with Crippen molar-refractivity contribution in [1.82, 2.24) is 0 Å². The topological polar surface area (TPSA) is 59.1 Å². The summed E-state index contributed by atoms with van der Waals surface area (Å²) in [5.41, 5.74) is 1.36. The van der Waals surface area contributed by atoms with E-state index in [1.165, 1.54) is 13.8 Å². The van der Waals surface area contributed by atoms with Crippen LogP contribution < -0.4 is 14.7 Å². The van der Waals surface area contributed by atoms with Crippen LogP contribution in [0.2, 0.25) is 0 Å². The van der Waals surface area contributed by atoms with E-state index in [1.54, 1.807) is 25.3 Å². The van der Waals surface area contributed by atoms with Crippen LogP contribution >= 0.6 is 0 Å². The second-order valence-electron chi connectivity index (χ2n) is 4.83. The highest BCUT2D eigenvalue weighted by atomic mass is 16.7. The van der Waals surface area contributed by atoms with Gasteiger partial charge in [-0.25, -0.2) is 4.79 Å². The van der Waals surface area contributed by atoms with Crippen LogP contribution in [-0.2, 0) is 14.4 Å². The molecule has 1 amide bonds. The number of hydrogen-bond acceptors (Lipinski definition) is 5. The third kappa shape index (κ3) is 4.38. The van der Waals surface area contributed by atoms with Gasteiger partial charge in [-0.3, -0.25) is 4.79 Å². The molecule has 6 nitrogen and oxygen atoms in total. The van der Waals surface area contributed by atoms with Gasteiger partial charge in [-0.1, -0.05) is 6.92 Å². The van der Waals surface area contributed by atoms with E-state index in [1.807, 2.05) is 0 Å². The minimum absolute atomic E-state index is 0.371. The SMILES string of the molecule is CCCN(CC)c1cc(N(OC(C)=O)C(C)=O)ccc1OC. The number of hydrogen-bond donors (Lipinski definition) is 0. The van der Waals surface area contributed by atoms with Gasteiger partial charge in [0.1, 0.15) is 5.75 Å². The lowest BCUT2D eigenvalue weighted by atomic mass is 10.2. The zero-order valence-corrected chi connectivity index (χ0v) is 13.9. The molecule has 6 heteroatoms. The number of amides is 1. The molecule has 0 unspecified atom stereocenters. The van der Waals surface area contributed by atoms with Gasteiger partial charge in [0.05, 0.1) is 18.5 Å². The second kappa shape index (κ2) is 8.26. The maximum Gasteiger partial charge on any atom is 0.330 e. The Morgan fingerprint density at radius 2 is 1.86 bits per heavy atom. The summed E-state index contributed by atoms with van der Waals surface area (Å²) in [6.45, 7) is 8.42. The van der Waals surface area contributed by atoms with Gasteiger partial charge in [0.25, 0.3) is 5.91 Å². The Bertz CT molecular complexity index is 531. The molecule has 0 saturated carbocycles. The summed E-state index contributed by atoms with van der Waals surface area (Å²) in [5.74, 6) is -0.205. The third-order valence-corrected chi connectivity index (χ3v) is 3.12. The maximum absolute atomic E-state index is 11.7. The fourth-order valence-corrected chi connectivity index (χ4v) is 2.20. The fraction of sp³-hybridized carbons (Fsp3) is 0.500. The monoisotopic (exact) mass is 308 g/mol. The molecular formula is C16H24N2O4. The Morgan fingerprint density at radius 1 is 1.18 bits per heavy atom. The number of benzene rings is 1. The van der Waals surface area contributed by atoms with E-state index in [4.69, 9.17) is 9.57 Å². The zero-order valence-electron chi connectivity index (χ0n) is 13.9. The van der Waals surface area contributed by atoms with Crippen molar-refractivity contribution in [2.24, 2.45) is 0 Å². The van der Waals surface area contributed by atoms with Crippen molar-refractivity contribution in [3.05, 3.63) is 18.2 Å². The molecule has 0 saturated heterocycles. The molecule has 0 aromatic heterocycles.